The maximum Gasteiger partial charge on any atom is 0.407 e. The SMILES string of the molecule is COc1cc(-c2cccc(-c3cccc(NC(=O)c4cn(C)c(=O)n(C)c4=O)c3Cl)c2Cl)cc2c1C(N1CC3(CNC(=O)O3)C1)CC2. The molecule has 47 heavy (non-hydrogen) atoms. The number of methoxy groups -OCH3 is 1. The first-order valence-electron chi connectivity index (χ1n) is 15.1. The summed E-state index contributed by atoms with van der Waals surface area (Å²) in [5, 5.41) is 6.19. The van der Waals surface area contributed by atoms with Gasteiger partial charge in [0.25, 0.3) is 11.5 Å². The molecule has 3 aliphatic rings. The second kappa shape index (κ2) is 11.6. The summed E-state index contributed by atoms with van der Waals surface area (Å²) in [7, 11) is 4.44. The van der Waals surface area contributed by atoms with E-state index in [1.807, 2.05) is 24.3 Å². The number of carbonyl (C=O) groups excluding carboxylic acids is 2. The number of anilines is 1. The van der Waals surface area contributed by atoms with Crippen molar-refractivity contribution in [1.82, 2.24) is 19.4 Å². The monoisotopic (exact) mass is 675 g/mol. The fourth-order valence-corrected chi connectivity index (χ4v) is 7.55. The molecule has 0 saturated carbocycles. The van der Waals surface area contributed by atoms with Crippen molar-refractivity contribution in [3.63, 3.8) is 0 Å². The highest BCUT2D eigenvalue weighted by Gasteiger charge is 2.53. The summed E-state index contributed by atoms with van der Waals surface area (Å²) in [4.78, 5) is 51.8. The number of amides is 2. The number of nitrogens with one attached hydrogen (secondary N) is 2. The summed E-state index contributed by atoms with van der Waals surface area (Å²) in [6.07, 6.45) is 2.65. The third kappa shape index (κ3) is 5.18. The molecule has 1 aliphatic carbocycles. The molecule has 2 fully saturated rings. The number of halogens is 2. The molecule has 11 nitrogen and oxygen atoms in total. The van der Waals surface area contributed by atoms with Crippen LogP contribution in [0, 0.1) is 0 Å². The minimum Gasteiger partial charge on any atom is -0.496 e. The minimum absolute atomic E-state index is 0.165. The number of fused-ring (bicyclic) bond motifs is 1. The molecular formula is C34H31Cl2N5O6. The van der Waals surface area contributed by atoms with Crippen LogP contribution < -0.4 is 26.6 Å². The van der Waals surface area contributed by atoms with Crippen LogP contribution in [0.1, 0.15) is 33.9 Å². The number of alkyl carbamates (subject to hydrolysis) is 1. The number of hydrogen-bond donors (Lipinski definition) is 2. The molecule has 7 rings (SSSR count). The van der Waals surface area contributed by atoms with E-state index >= 15 is 0 Å². The maximum atomic E-state index is 13.1. The standard InChI is InChI=1S/C34H31Cl2N5O6/c1-39-14-23(31(43)40(2)33(39)45)30(42)38-24-9-5-8-22(29(24)36)21-7-4-6-20(28(21)35)19-12-18-10-11-25(27(18)26(13-19)46-3)41-16-34(17-41)15-37-32(44)47-34/h4-9,12-14,25H,10-11,15-17H2,1-3H3,(H,37,44)(H,38,42). The molecule has 3 heterocycles. The van der Waals surface area contributed by atoms with E-state index in [4.69, 9.17) is 32.7 Å². The molecule has 2 amide bonds. The van der Waals surface area contributed by atoms with Gasteiger partial charge in [0.2, 0.25) is 0 Å². The Labute approximate surface area is 279 Å². The summed E-state index contributed by atoms with van der Waals surface area (Å²) < 4.78 is 13.5. The van der Waals surface area contributed by atoms with Crippen LogP contribution in [-0.4, -0.2) is 58.4 Å². The van der Waals surface area contributed by atoms with Crippen LogP contribution in [0.25, 0.3) is 22.3 Å². The second-order valence-electron chi connectivity index (χ2n) is 12.2. The van der Waals surface area contributed by atoms with E-state index < -0.39 is 22.8 Å². The zero-order valence-corrected chi connectivity index (χ0v) is 27.4. The van der Waals surface area contributed by atoms with Crippen LogP contribution in [-0.2, 0) is 25.3 Å². The third-order valence-corrected chi connectivity index (χ3v) is 10.1. The molecule has 0 bridgehead atoms. The highest BCUT2D eigenvalue weighted by Crippen LogP contribution is 2.49. The average Bonchev–Trinajstić information content (AvgIpc) is 3.65. The number of aryl methyl sites for hydroxylation is 2. The van der Waals surface area contributed by atoms with Gasteiger partial charge >= 0.3 is 11.8 Å². The van der Waals surface area contributed by atoms with Gasteiger partial charge in [-0.05, 0) is 36.1 Å². The van der Waals surface area contributed by atoms with Crippen molar-refractivity contribution in [3.8, 4) is 28.0 Å². The molecule has 2 saturated heterocycles. The number of likely N-dealkylation sites (tertiary alicyclic amines) is 1. The fourth-order valence-electron chi connectivity index (χ4n) is 6.94. The van der Waals surface area contributed by atoms with Gasteiger partial charge < -0.3 is 24.7 Å². The van der Waals surface area contributed by atoms with E-state index in [0.29, 0.717) is 35.8 Å². The van der Waals surface area contributed by atoms with Gasteiger partial charge in [0.15, 0.2) is 5.60 Å². The van der Waals surface area contributed by atoms with Gasteiger partial charge in [0.1, 0.15) is 11.3 Å². The van der Waals surface area contributed by atoms with Gasteiger partial charge in [-0.3, -0.25) is 19.1 Å². The minimum atomic E-state index is -0.713. The number of benzene rings is 3. The topological polar surface area (TPSA) is 124 Å². The van der Waals surface area contributed by atoms with Crippen molar-refractivity contribution in [3.05, 3.63) is 102 Å². The predicted octanol–water partition coefficient (Wildman–Crippen LogP) is 4.77. The zero-order valence-electron chi connectivity index (χ0n) is 25.9. The van der Waals surface area contributed by atoms with Crippen LogP contribution in [0.4, 0.5) is 10.5 Å². The molecule has 13 heteroatoms. The lowest BCUT2D eigenvalue weighted by Crippen LogP contribution is -2.64. The van der Waals surface area contributed by atoms with Gasteiger partial charge in [-0.25, -0.2) is 9.59 Å². The summed E-state index contributed by atoms with van der Waals surface area (Å²) >= 11 is 13.9. The van der Waals surface area contributed by atoms with Crippen molar-refractivity contribution >= 4 is 40.9 Å². The molecule has 1 aromatic heterocycles. The Morgan fingerprint density at radius 2 is 1.72 bits per heavy atom. The van der Waals surface area contributed by atoms with E-state index in [9.17, 15) is 19.2 Å². The zero-order chi connectivity index (χ0) is 33.2. The van der Waals surface area contributed by atoms with Gasteiger partial charge in [0.05, 0.1) is 29.4 Å². The van der Waals surface area contributed by atoms with Gasteiger partial charge in [-0.2, -0.15) is 0 Å². The van der Waals surface area contributed by atoms with Gasteiger partial charge in [-0.15, -0.1) is 0 Å². The van der Waals surface area contributed by atoms with Crippen LogP contribution in [0.2, 0.25) is 10.0 Å². The number of carbonyl (C=O) groups is 2. The second-order valence-corrected chi connectivity index (χ2v) is 13.0. The Kier molecular flexibility index (Phi) is 7.65. The van der Waals surface area contributed by atoms with Crippen LogP contribution in [0.15, 0.2) is 64.3 Å². The van der Waals surface area contributed by atoms with Crippen LogP contribution in [0.3, 0.4) is 0 Å². The van der Waals surface area contributed by atoms with E-state index in [2.05, 4.69) is 21.6 Å². The number of hydrogen-bond acceptors (Lipinski definition) is 7. The van der Waals surface area contributed by atoms with Crippen LogP contribution in [0.5, 0.6) is 5.75 Å². The molecule has 2 N–H and O–H groups in total. The Morgan fingerprint density at radius 1 is 1.02 bits per heavy atom. The number of rotatable bonds is 6. The molecule has 4 aromatic rings. The molecule has 1 atom stereocenters. The van der Waals surface area contributed by atoms with Crippen molar-refractivity contribution < 1.29 is 19.1 Å². The summed E-state index contributed by atoms with van der Waals surface area (Å²) in [5.41, 5.74) is 3.66. The molecule has 0 radical (unpaired) electrons. The third-order valence-electron chi connectivity index (χ3n) is 9.29. The van der Waals surface area contributed by atoms with E-state index in [1.54, 1.807) is 25.3 Å². The fraction of sp³-hybridized carbons (Fsp3) is 0.294. The first kappa shape index (κ1) is 31.0. The molecule has 3 aromatic carbocycles. The lowest BCUT2D eigenvalue weighted by Gasteiger charge is -2.48. The number of ether oxygens (including phenoxy) is 2. The first-order valence-corrected chi connectivity index (χ1v) is 15.8. The number of aromatic nitrogens is 2. The first-order chi connectivity index (χ1) is 22.5. The van der Waals surface area contributed by atoms with Gasteiger partial charge in [0, 0.05) is 61.7 Å². The molecule has 242 valence electrons. The smallest absolute Gasteiger partial charge is 0.407 e. The van der Waals surface area contributed by atoms with Crippen molar-refractivity contribution in [2.45, 2.75) is 24.5 Å². The summed E-state index contributed by atoms with van der Waals surface area (Å²) in [6, 6.07) is 15.2. The Bertz CT molecular complexity index is 2100. The molecule has 2 aliphatic heterocycles. The highest BCUT2D eigenvalue weighted by atomic mass is 35.5. The van der Waals surface area contributed by atoms with E-state index in [0.717, 1.165) is 39.8 Å². The Balaban J connectivity index is 1.18. The summed E-state index contributed by atoms with van der Waals surface area (Å²) in [6.45, 7) is 1.88. The summed E-state index contributed by atoms with van der Waals surface area (Å²) in [5.74, 6) is 0.0780. The van der Waals surface area contributed by atoms with Crippen molar-refractivity contribution in [1.29, 1.82) is 0 Å². The van der Waals surface area contributed by atoms with Gasteiger partial charge in [-0.1, -0.05) is 59.6 Å². The van der Waals surface area contributed by atoms with E-state index in [-0.39, 0.29) is 28.4 Å². The molecule has 1 spiro atoms. The average molecular weight is 677 g/mol. The largest absolute Gasteiger partial charge is 0.496 e. The molecule has 1 unspecified atom stereocenters. The lowest BCUT2D eigenvalue weighted by molar-refractivity contribution is -0.0925. The van der Waals surface area contributed by atoms with E-state index in [1.165, 1.54) is 30.4 Å². The van der Waals surface area contributed by atoms with Crippen molar-refractivity contribution in [2.24, 2.45) is 14.1 Å². The van der Waals surface area contributed by atoms with Crippen LogP contribution >= 0.6 is 23.2 Å². The maximum absolute atomic E-state index is 13.1. The number of nitrogens with zero attached hydrogens (tertiary/aromatic N) is 3. The highest BCUT2D eigenvalue weighted by molar-refractivity contribution is 6.39. The Hall–Kier alpha value is -4.58. The Morgan fingerprint density at radius 3 is 2.43 bits per heavy atom. The lowest BCUT2D eigenvalue weighted by atomic mass is 9.90. The van der Waals surface area contributed by atoms with Crippen molar-refractivity contribution in [2.75, 3.05) is 32.1 Å². The normalized spacial score (nSPS) is 18.0. The molecular weight excluding hydrogens is 645 g/mol. The predicted molar refractivity (Wildman–Crippen MR) is 179 cm³/mol. The quantitative estimate of drug-likeness (QED) is 0.302.